The van der Waals surface area contributed by atoms with E-state index in [1.807, 2.05) is 0 Å². The van der Waals surface area contributed by atoms with Crippen molar-refractivity contribution in [2.45, 2.75) is 24.9 Å². The molecule has 9 heteroatoms. The van der Waals surface area contributed by atoms with Gasteiger partial charge in [-0.2, -0.15) is 0 Å². The predicted molar refractivity (Wildman–Crippen MR) is 71.9 cm³/mol. The van der Waals surface area contributed by atoms with Crippen LogP contribution in [0.3, 0.4) is 0 Å². The van der Waals surface area contributed by atoms with E-state index in [1.165, 1.54) is 12.7 Å². The van der Waals surface area contributed by atoms with Gasteiger partial charge in [0.25, 0.3) is 0 Å². The monoisotopic (exact) mass is 295 g/mol. The molecule has 21 heavy (non-hydrogen) atoms. The summed E-state index contributed by atoms with van der Waals surface area (Å²) in [5.41, 5.74) is 6.68. The molecule has 0 unspecified atom stereocenters. The number of rotatable bonds is 4. The third kappa shape index (κ3) is 2.23. The van der Waals surface area contributed by atoms with Crippen LogP contribution < -0.4 is 5.73 Å². The lowest BCUT2D eigenvalue weighted by Gasteiger charge is -2.20. The van der Waals surface area contributed by atoms with Crippen molar-refractivity contribution >= 4 is 17.0 Å². The number of aromatic nitrogens is 4. The summed E-state index contributed by atoms with van der Waals surface area (Å²) in [7, 11) is 0. The highest BCUT2D eigenvalue weighted by Gasteiger charge is 2.44. The van der Waals surface area contributed by atoms with Crippen molar-refractivity contribution in [3.05, 3.63) is 12.7 Å². The van der Waals surface area contributed by atoms with E-state index in [-0.39, 0.29) is 24.9 Å². The average Bonchev–Trinajstić information content (AvgIpc) is 3.03. The van der Waals surface area contributed by atoms with Gasteiger partial charge in [-0.25, -0.2) is 15.0 Å². The lowest BCUT2D eigenvalue weighted by atomic mass is 9.96. The molecule has 114 valence electrons. The molecule has 2 aromatic rings. The first-order chi connectivity index (χ1) is 10.2. The van der Waals surface area contributed by atoms with Gasteiger partial charge >= 0.3 is 0 Å². The van der Waals surface area contributed by atoms with Gasteiger partial charge in [0, 0.05) is 12.5 Å². The van der Waals surface area contributed by atoms with Gasteiger partial charge in [-0.1, -0.05) is 0 Å². The van der Waals surface area contributed by atoms with Crippen LogP contribution in [0.4, 0.5) is 5.82 Å². The Morgan fingerprint density at radius 1 is 1.29 bits per heavy atom. The number of nitrogens with zero attached hydrogens (tertiary/aromatic N) is 4. The van der Waals surface area contributed by atoms with Crippen LogP contribution in [0.5, 0.6) is 0 Å². The Morgan fingerprint density at radius 3 is 2.81 bits per heavy atom. The number of aliphatic hydroxyl groups is 3. The maximum Gasteiger partial charge on any atom is 0.167 e. The SMILES string of the molecule is Nc1ncnc2c1ncn2[C@@H]1O[C@H](CO)[C@@H](O)[C@H]1CCO. The standard InChI is InChI=1S/C12H17N5O4/c13-10-8-11(15-4-14-10)17(5-16-8)12-6(1-2-18)9(20)7(3-19)21-12/h4-7,9,12,18-20H,1-3H2,(H2,13,14,15)/t6-,7-,9+,12-/m1/s1. The fourth-order valence-corrected chi connectivity index (χ4v) is 2.75. The Bertz CT molecular complexity index is 633. The third-order valence-electron chi connectivity index (χ3n) is 3.80. The number of hydrogen-bond acceptors (Lipinski definition) is 8. The van der Waals surface area contributed by atoms with E-state index in [1.54, 1.807) is 4.57 Å². The molecule has 0 spiro atoms. The minimum atomic E-state index is -0.871. The summed E-state index contributed by atoms with van der Waals surface area (Å²) in [6.45, 7) is -0.396. The van der Waals surface area contributed by atoms with Gasteiger partial charge < -0.3 is 25.8 Å². The second-order valence-electron chi connectivity index (χ2n) is 5.00. The first-order valence-corrected chi connectivity index (χ1v) is 6.65. The van der Waals surface area contributed by atoms with Crippen molar-refractivity contribution in [1.29, 1.82) is 0 Å². The van der Waals surface area contributed by atoms with E-state index in [9.17, 15) is 15.3 Å². The third-order valence-corrected chi connectivity index (χ3v) is 3.80. The Balaban J connectivity index is 2.02. The molecule has 4 atom stereocenters. The largest absolute Gasteiger partial charge is 0.396 e. The van der Waals surface area contributed by atoms with Crippen LogP contribution in [-0.4, -0.2) is 60.3 Å². The fraction of sp³-hybridized carbons (Fsp3) is 0.583. The van der Waals surface area contributed by atoms with E-state index < -0.39 is 18.4 Å². The number of hydrogen-bond donors (Lipinski definition) is 4. The van der Waals surface area contributed by atoms with E-state index in [0.717, 1.165) is 0 Å². The average molecular weight is 295 g/mol. The first-order valence-electron chi connectivity index (χ1n) is 6.65. The molecule has 5 N–H and O–H groups in total. The normalized spacial score (nSPS) is 29.3. The molecule has 0 radical (unpaired) electrons. The summed E-state index contributed by atoms with van der Waals surface area (Å²) in [4.78, 5) is 12.2. The van der Waals surface area contributed by atoms with Crippen LogP contribution in [0.25, 0.3) is 11.2 Å². The van der Waals surface area contributed by atoms with Crippen molar-refractivity contribution in [3.8, 4) is 0 Å². The number of fused-ring (bicyclic) bond motifs is 1. The van der Waals surface area contributed by atoms with Crippen LogP contribution in [0.2, 0.25) is 0 Å². The molecule has 0 bridgehead atoms. The molecule has 1 aliphatic rings. The second-order valence-corrected chi connectivity index (χ2v) is 5.00. The molecule has 3 heterocycles. The molecule has 0 aromatic carbocycles. The van der Waals surface area contributed by atoms with Gasteiger partial charge in [0.2, 0.25) is 0 Å². The van der Waals surface area contributed by atoms with Crippen molar-refractivity contribution < 1.29 is 20.1 Å². The molecular weight excluding hydrogens is 278 g/mol. The van der Waals surface area contributed by atoms with E-state index >= 15 is 0 Å². The molecule has 1 fully saturated rings. The predicted octanol–water partition coefficient (Wildman–Crippen LogP) is -1.34. The van der Waals surface area contributed by atoms with Crippen molar-refractivity contribution in [3.63, 3.8) is 0 Å². The smallest absolute Gasteiger partial charge is 0.167 e. The Hall–Kier alpha value is -1.81. The van der Waals surface area contributed by atoms with Crippen molar-refractivity contribution in [2.75, 3.05) is 18.9 Å². The number of nitrogens with two attached hydrogens (primary N) is 1. The topological polar surface area (TPSA) is 140 Å². The minimum absolute atomic E-state index is 0.0938. The summed E-state index contributed by atoms with van der Waals surface area (Å²) in [6.07, 6.45) is 1.02. The summed E-state index contributed by atoms with van der Waals surface area (Å²) in [6, 6.07) is 0. The summed E-state index contributed by atoms with van der Waals surface area (Å²) < 4.78 is 7.34. The van der Waals surface area contributed by atoms with Crippen LogP contribution >= 0.6 is 0 Å². The molecule has 0 saturated carbocycles. The zero-order valence-electron chi connectivity index (χ0n) is 11.2. The molecule has 1 saturated heterocycles. The van der Waals surface area contributed by atoms with Crippen molar-refractivity contribution in [2.24, 2.45) is 5.92 Å². The number of nitrogen functional groups attached to an aromatic ring is 1. The molecule has 2 aromatic heterocycles. The molecule has 1 aliphatic heterocycles. The van der Waals surface area contributed by atoms with Crippen LogP contribution in [0.15, 0.2) is 12.7 Å². The number of aliphatic hydroxyl groups excluding tert-OH is 3. The highest BCUT2D eigenvalue weighted by atomic mass is 16.5. The number of imidazole rings is 1. The maximum absolute atomic E-state index is 10.2. The van der Waals surface area contributed by atoms with Crippen LogP contribution in [0, 0.1) is 5.92 Å². The van der Waals surface area contributed by atoms with Gasteiger partial charge in [0.1, 0.15) is 24.2 Å². The molecule has 0 amide bonds. The van der Waals surface area contributed by atoms with Crippen molar-refractivity contribution in [1.82, 2.24) is 19.5 Å². The van der Waals surface area contributed by atoms with Gasteiger partial charge in [-0.05, 0) is 6.42 Å². The van der Waals surface area contributed by atoms with Gasteiger partial charge in [0.15, 0.2) is 11.5 Å². The van der Waals surface area contributed by atoms with Gasteiger partial charge in [-0.15, -0.1) is 0 Å². The fourth-order valence-electron chi connectivity index (χ4n) is 2.75. The summed E-state index contributed by atoms with van der Waals surface area (Å²) in [5, 5.41) is 28.6. The van der Waals surface area contributed by atoms with Gasteiger partial charge in [0.05, 0.1) is 19.0 Å². The summed E-state index contributed by atoms with van der Waals surface area (Å²) >= 11 is 0. The first kappa shape index (κ1) is 14.1. The highest BCUT2D eigenvalue weighted by molar-refractivity contribution is 5.81. The lowest BCUT2D eigenvalue weighted by molar-refractivity contribution is -0.0454. The molecule has 3 rings (SSSR count). The zero-order chi connectivity index (χ0) is 15.0. The number of anilines is 1. The van der Waals surface area contributed by atoms with E-state index in [2.05, 4.69) is 15.0 Å². The maximum atomic E-state index is 10.2. The Morgan fingerprint density at radius 2 is 2.10 bits per heavy atom. The van der Waals surface area contributed by atoms with Crippen LogP contribution in [-0.2, 0) is 4.74 Å². The Labute approximate surface area is 120 Å². The zero-order valence-corrected chi connectivity index (χ0v) is 11.2. The quantitative estimate of drug-likeness (QED) is 0.543. The number of ether oxygens (including phenoxy) is 1. The molecular formula is C12H17N5O4. The molecule has 0 aliphatic carbocycles. The Kier molecular flexibility index (Phi) is 3.72. The summed E-state index contributed by atoms with van der Waals surface area (Å²) in [5.74, 6) is -0.115. The van der Waals surface area contributed by atoms with E-state index in [4.69, 9.17) is 10.5 Å². The lowest BCUT2D eigenvalue weighted by Crippen LogP contribution is -2.30. The molecule has 9 nitrogen and oxygen atoms in total. The van der Waals surface area contributed by atoms with E-state index in [0.29, 0.717) is 17.6 Å². The minimum Gasteiger partial charge on any atom is -0.396 e. The second kappa shape index (κ2) is 5.53. The van der Waals surface area contributed by atoms with Crippen LogP contribution in [0.1, 0.15) is 12.6 Å². The van der Waals surface area contributed by atoms with Gasteiger partial charge in [-0.3, -0.25) is 4.57 Å². The highest BCUT2D eigenvalue weighted by Crippen LogP contribution is 2.38.